The van der Waals surface area contributed by atoms with Crippen molar-refractivity contribution in [3.63, 3.8) is 0 Å². The lowest BCUT2D eigenvalue weighted by molar-refractivity contribution is -0.138. The van der Waals surface area contributed by atoms with Gasteiger partial charge in [0.25, 0.3) is 5.91 Å². The summed E-state index contributed by atoms with van der Waals surface area (Å²) in [6.45, 7) is 4.75. The molecule has 6 heteroatoms. The molecule has 1 N–H and O–H groups in total. The number of nitrogens with zero attached hydrogens (tertiary/aromatic N) is 3. The van der Waals surface area contributed by atoms with Crippen LogP contribution < -0.4 is 5.32 Å². The molecule has 2 unspecified atom stereocenters. The topological polar surface area (TPSA) is 89.2 Å². The third kappa shape index (κ3) is 4.32. The molecule has 23 heavy (non-hydrogen) atoms. The first-order chi connectivity index (χ1) is 11.0. The highest BCUT2D eigenvalue weighted by Crippen LogP contribution is 2.14. The molecule has 1 saturated heterocycles. The van der Waals surface area contributed by atoms with Gasteiger partial charge in [-0.25, -0.2) is 0 Å². The number of carbonyl (C=O) groups excluding carboxylic acids is 1. The molecule has 0 aliphatic carbocycles. The number of carbonyl (C=O) groups is 1. The SMILES string of the molecule is CC1CN(C(=O)/C(C#N)=C\Nc2ccc(C#N)cc2)CC(C)O1. The molecule has 0 aromatic heterocycles. The third-order valence-electron chi connectivity index (χ3n) is 3.45. The number of amides is 1. The van der Waals surface area contributed by atoms with Crippen LogP contribution in [0.1, 0.15) is 19.4 Å². The van der Waals surface area contributed by atoms with E-state index in [0.29, 0.717) is 24.3 Å². The fraction of sp³-hybridized carbons (Fsp3) is 0.353. The van der Waals surface area contributed by atoms with Crippen LogP contribution >= 0.6 is 0 Å². The molecule has 1 aliphatic heterocycles. The van der Waals surface area contributed by atoms with E-state index in [1.54, 1.807) is 29.2 Å². The van der Waals surface area contributed by atoms with E-state index in [9.17, 15) is 10.1 Å². The smallest absolute Gasteiger partial charge is 0.266 e. The van der Waals surface area contributed by atoms with Gasteiger partial charge in [0, 0.05) is 25.0 Å². The number of rotatable bonds is 3. The summed E-state index contributed by atoms with van der Waals surface area (Å²) in [4.78, 5) is 14.1. The van der Waals surface area contributed by atoms with Crippen molar-refractivity contribution in [3.05, 3.63) is 41.6 Å². The van der Waals surface area contributed by atoms with Crippen molar-refractivity contribution in [1.29, 1.82) is 10.5 Å². The maximum Gasteiger partial charge on any atom is 0.266 e. The van der Waals surface area contributed by atoms with E-state index in [0.717, 1.165) is 0 Å². The minimum atomic E-state index is -0.310. The van der Waals surface area contributed by atoms with Crippen LogP contribution in [0, 0.1) is 22.7 Å². The van der Waals surface area contributed by atoms with Crippen molar-refractivity contribution in [2.24, 2.45) is 0 Å². The highest BCUT2D eigenvalue weighted by molar-refractivity contribution is 5.97. The van der Waals surface area contributed by atoms with E-state index in [-0.39, 0.29) is 23.7 Å². The molecule has 0 bridgehead atoms. The third-order valence-corrected chi connectivity index (χ3v) is 3.45. The number of anilines is 1. The summed E-state index contributed by atoms with van der Waals surface area (Å²) in [6.07, 6.45) is 1.30. The molecule has 1 aromatic rings. The number of hydrogen-bond donors (Lipinski definition) is 1. The summed E-state index contributed by atoms with van der Waals surface area (Å²) >= 11 is 0. The zero-order chi connectivity index (χ0) is 16.8. The molecule has 1 fully saturated rings. The van der Waals surface area contributed by atoms with Gasteiger partial charge in [0.05, 0.1) is 23.8 Å². The number of ether oxygens (including phenoxy) is 1. The van der Waals surface area contributed by atoms with Crippen LogP contribution in [-0.4, -0.2) is 36.1 Å². The van der Waals surface area contributed by atoms with E-state index in [2.05, 4.69) is 5.32 Å². The van der Waals surface area contributed by atoms with Crippen molar-refractivity contribution >= 4 is 11.6 Å². The van der Waals surface area contributed by atoms with Crippen LogP contribution in [0.5, 0.6) is 0 Å². The Hall–Kier alpha value is -2.83. The highest BCUT2D eigenvalue weighted by atomic mass is 16.5. The van der Waals surface area contributed by atoms with E-state index in [1.165, 1.54) is 6.20 Å². The molecule has 0 spiro atoms. The fourth-order valence-corrected chi connectivity index (χ4v) is 2.45. The lowest BCUT2D eigenvalue weighted by atomic mass is 10.2. The van der Waals surface area contributed by atoms with E-state index >= 15 is 0 Å². The first-order valence-corrected chi connectivity index (χ1v) is 7.35. The minimum absolute atomic E-state index is 0.0376. The Bertz CT molecular complexity index is 672. The first-order valence-electron chi connectivity index (χ1n) is 7.35. The van der Waals surface area contributed by atoms with Crippen LogP contribution in [-0.2, 0) is 9.53 Å². The van der Waals surface area contributed by atoms with E-state index < -0.39 is 0 Å². The Balaban J connectivity index is 2.07. The van der Waals surface area contributed by atoms with Gasteiger partial charge in [-0.2, -0.15) is 10.5 Å². The second-order valence-electron chi connectivity index (χ2n) is 5.47. The lowest BCUT2D eigenvalue weighted by Gasteiger charge is -2.35. The molecule has 1 aromatic carbocycles. The molecule has 0 radical (unpaired) electrons. The van der Waals surface area contributed by atoms with Gasteiger partial charge in [-0.3, -0.25) is 4.79 Å². The minimum Gasteiger partial charge on any atom is -0.372 e. The Morgan fingerprint density at radius 1 is 1.26 bits per heavy atom. The number of hydrogen-bond acceptors (Lipinski definition) is 5. The molecule has 6 nitrogen and oxygen atoms in total. The number of nitriles is 2. The van der Waals surface area contributed by atoms with Gasteiger partial charge in [0.15, 0.2) is 0 Å². The molecule has 2 atom stereocenters. The largest absolute Gasteiger partial charge is 0.372 e. The first kappa shape index (κ1) is 16.5. The second-order valence-corrected chi connectivity index (χ2v) is 5.47. The van der Waals surface area contributed by atoms with E-state index in [4.69, 9.17) is 10.00 Å². The normalized spacial score (nSPS) is 21.2. The molecule has 1 aliphatic rings. The molecular formula is C17H18N4O2. The van der Waals surface area contributed by atoms with E-state index in [1.807, 2.05) is 26.0 Å². The summed E-state index contributed by atoms with van der Waals surface area (Å²) in [7, 11) is 0. The molecule has 1 heterocycles. The summed E-state index contributed by atoms with van der Waals surface area (Å²) in [5.41, 5.74) is 1.29. The quantitative estimate of drug-likeness (QED) is 0.681. The zero-order valence-corrected chi connectivity index (χ0v) is 13.1. The Morgan fingerprint density at radius 2 is 1.87 bits per heavy atom. The average Bonchev–Trinajstić information content (AvgIpc) is 2.55. The molecular weight excluding hydrogens is 292 g/mol. The van der Waals surface area contributed by atoms with Crippen LogP contribution in [0.25, 0.3) is 0 Å². The molecule has 2 rings (SSSR count). The predicted octanol–water partition coefficient (Wildman–Crippen LogP) is 2.01. The summed E-state index contributed by atoms with van der Waals surface area (Å²) in [6, 6.07) is 10.7. The van der Waals surface area contributed by atoms with Gasteiger partial charge < -0.3 is 15.0 Å². The summed E-state index contributed by atoms with van der Waals surface area (Å²) in [5, 5.41) is 20.9. The van der Waals surface area contributed by atoms with Gasteiger partial charge in [0.1, 0.15) is 11.6 Å². The van der Waals surface area contributed by atoms with Crippen LogP contribution in [0.3, 0.4) is 0 Å². The van der Waals surface area contributed by atoms with Crippen molar-refractivity contribution in [1.82, 2.24) is 4.90 Å². The average molecular weight is 310 g/mol. The van der Waals surface area contributed by atoms with Crippen LogP contribution in [0.4, 0.5) is 5.69 Å². The fourth-order valence-electron chi connectivity index (χ4n) is 2.45. The summed E-state index contributed by atoms with van der Waals surface area (Å²) in [5.74, 6) is -0.310. The second kappa shape index (κ2) is 7.44. The van der Waals surface area contributed by atoms with Gasteiger partial charge in [-0.05, 0) is 38.1 Å². The predicted molar refractivity (Wildman–Crippen MR) is 85.1 cm³/mol. The summed E-state index contributed by atoms with van der Waals surface area (Å²) < 4.78 is 5.59. The maximum atomic E-state index is 12.4. The lowest BCUT2D eigenvalue weighted by Crippen LogP contribution is -2.48. The number of benzene rings is 1. The monoisotopic (exact) mass is 310 g/mol. The Morgan fingerprint density at radius 3 is 2.39 bits per heavy atom. The number of nitrogens with one attached hydrogen (secondary N) is 1. The van der Waals surface area contributed by atoms with Crippen molar-refractivity contribution in [3.8, 4) is 12.1 Å². The van der Waals surface area contributed by atoms with Crippen LogP contribution in [0.2, 0.25) is 0 Å². The Labute approximate surface area is 135 Å². The standard InChI is InChI=1S/C17H18N4O2/c1-12-10-21(11-13(2)23-12)17(22)15(8-19)9-20-16-5-3-14(7-18)4-6-16/h3-6,9,12-13,20H,10-11H2,1-2H3/b15-9-. The van der Waals surface area contributed by atoms with Gasteiger partial charge in [-0.15, -0.1) is 0 Å². The van der Waals surface area contributed by atoms with Crippen molar-refractivity contribution < 1.29 is 9.53 Å². The molecule has 0 saturated carbocycles. The maximum absolute atomic E-state index is 12.4. The van der Waals surface area contributed by atoms with Gasteiger partial charge >= 0.3 is 0 Å². The van der Waals surface area contributed by atoms with Crippen molar-refractivity contribution in [2.75, 3.05) is 18.4 Å². The van der Waals surface area contributed by atoms with Crippen LogP contribution in [0.15, 0.2) is 36.0 Å². The zero-order valence-electron chi connectivity index (χ0n) is 13.1. The number of morpholine rings is 1. The highest BCUT2D eigenvalue weighted by Gasteiger charge is 2.27. The van der Waals surface area contributed by atoms with Crippen molar-refractivity contribution in [2.45, 2.75) is 26.1 Å². The molecule has 118 valence electrons. The Kier molecular flexibility index (Phi) is 5.35. The van der Waals surface area contributed by atoms with Gasteiger partial charge in [-0.1, -0.05) is 0 Å². The van der Waals surface area contributed by atoms with Gasteiger partial charge in [0.2, 0.25) is 0 Å². The molecule has 1 amide bonds.